The average molecular weight is 344 g/mol. The number of benzene rings is 2. The number of methoxy groups -OCH3 is 1. The van der Waals surface area contributed by atoms with Crippen LogP contribution in [-0.2, 0) is 0 Å². The van der Waals surface area contributed by atoms with Crippen LogP contribution in [0.25, 0.3) is 0 Å². The molecule has 0 atom stereocenters. The molecule has 1 amide bonds. The molecule has 2 aromatic rings. The SMILES string of the molecule is COc1ccc(OCCNc2cccc(C(=O)NCCO)c2C)cc1. The van der Waals surface area contributed by atoms with E-state index in [1.54, 1.807) is 13.2 Å². The van der Waals surface area contributed by atoms with E-state index in [0.29, 0.717) is 18.7 Å². The molecule has 0 heterocycles. The number of aliphatic hydroxyl groups is 1. The Morgan fingerprint density at radius 2 is 1.80 bits per heavy atom. The van der Waals surface area contributed by atoms with Crippen LogP contribution >= 0.6 is 0 Å². The summed E-state index contributed by atoms with van der Waals surface area (Å²) in [6.07, 6.45) is 0. The first-order valence-corrected chi connectivity index (χ1v) is 8.15. The van der Waals surface area contributed by atoms with Crippen LogP contribution in [0.15, 0.2) is 42.5 Å². The van der Waals surface area contributed by atoms with Crippen molar-refractivity contribution < 1.29 is 19.4 Å². The van der Waals surface area contributed by atoms with Crippen LogP contribution < -0.4 is 20.1 Å². The number of carbonyl (C=O) groups excluding carboxylic acids is 1. The molecule has 0 fully saturated rings. The number of aliphatic hydroxyl groups excluding tert-OH is 1. The Morgan fingerprint density at radius 1 is 1.08 bits per heavy atom. The molecule has 0 bridgehead atoms. The zero-order valence-corrected chi connectivity index (χ0v) is 14.5. The molecule has 3 N–H and O–H groups in total. The Labute approximate surface area is 147 Å². The predicted octanol–water partition coefficient (Wildman–Crippen LogP) is 2.22. The largest absolute Gasteiger partial charge is 0.497 e. The lowest BCUT2D eigenvalue weighted by molar-refractivity contribution is 0.0944. The van der Waals surface area contributed by atoms with E-state index in [9.17, 15) is 4.79 Å². The zero-order valence-electron chi connectivity index (χ0n) is 14.5. The summed E-state index contributed by atoms with van der Waals surface area (Å²) in [6.45, 7) is 3.15. The second-order valence-corrected chi connectivity index (χ2v) is 5.41. The van der Waals surface area contributed by atoms with Gasteiger partial charge in [0.15, 0.2) is 0 Å². The maximum absolute atomic E-state index is 12.1. The molecule has 0 aliphatic rings. The van der Waals surface area contributed by atoms with E-state index in [-0.39, 0.29) is 19.1 Å². The Morgan fingerprint density at radius 3 is 2.48 bits per heavy atom. The summed E-state index contributed by atoms with van der Waals surface area (Å²) in [5, 5.41) is 14.7. The number of hydrogen-bond donors (Lipinski definition) is 3. The fourth-order valence-electron chi connectivity index (χ4n) is 2.36. The van der Waals surface area contributed by atoms with E-state index in [4.69, 9.17) is 14.6 Å². The molecule has 2 rings (SSSR count). The van der Waals surface area contributed by atoms with Gasteiger partial charge in [0.2, 0.25) is 0 Å². The maximum atomic E-state index is 12.1. The normalized spacial score (nSPS) is 10.2. The molecule has 134 valence electrons. The Kier molecular flexibility index (Phi) is 7.10. The number of rotatable bonds is 9. The van der Waals surface area contributed by atoms with E-state index < -0.39 is 0 Å². The monoisotopic (exact) mass is 344 g/mol. The van der Waals surface area contributed by atoms with Crippen LogP contribution in [-0.4, -0.2) is 44.4 Å². The van der Waals surface area contributed by atoms with Crippen molar-refractivity contribution in [1.82, 2.24) is 5.32 Å². The van der Waals surface area contributed by atoms with Crippen LogP contribution in [0.4, 0.5) is 5.69 Å². The van der Waals surface area contributed by atoms with Crippen molar-refractivity contribution >= 4 is 11.6 Å². The van der Waals surface area contributed by atoms with Gasteiger partial charge in [-0.15, -0.1) is 0 Å². The minimum Gasteiger partial charge on any atom is -0.497 e. The highest BCUT2D eigenvalue weighted by molar-refractivity contribution is 5.97. The number of ether oxygens (including phenoxy) is 2. The lowest BCUT2D eigenvalue weighted by Gasteiger charge is -2.14. The molecule has 0 radical (unpaired) electrons. The summed E-state index contributed by atoms with van der Waals surface area (Å²) < 4.78 is 10.8. The molecule has 0 aliphatic heterocycles. The molecule has 0 saturated heterocycles. The molecule has 0 aliphatic carbocycles. The number of anilines is 1. The van der Waals surface area contributed by atoms with Crippen molar-refractivity contribution in [3.63, 3.8) is 0 Å². The van der Waals surface area contributed by atoms with Crippen molar-refractivity contribution in [2.75, 3.05) is 38.7 Å². The summed E-state index contributed by atoms with van der Waals surface area (Å²) in [6, 6.07) is 12.9. The highest BCUT2D eigenvalue weighted by Gasteiger charge is 2.10. The van der Waals surface area contributed by atoms with E-state index in [1.807, 2.05) is 43.3 Å². The lowest BCUT2D eigenvalue weighted by Crippen LogP contribution is -2.27. The third-order valence-corrected chi connectivity index (χ3v) is 3.72. The first-order valence-electron chi connectivity index (χ1n) is 8.15. The van der Waals surface area contributed by atoms with E-state index in [0.717, 1.165) is 22.7 Å². The van der Waals surface area contributed by atoms with Gasteiger partial charge in [0.1, 0.15) is 18.1 Å². The number of carbonyl (C=O) groups is 1. The van der Waals surface area contributed by atoms with Gasteiger partial charge >= 0.3 is 0 Å². The first kappa shape index (κ1) is 18.6. The smallest absolute Gasteiger partial charge is 0.251 e. The highest BCUT2D eigenvalue weighted by atomic mass is 16.5. The summed E-state index contributed by atoms with van der Waals surface area (Å²) >= 11 is 0. The fraction of sp³-hybridized carbons (Fsp3) is 0.316. The molecule has 0 aromatic heterocycles. The Hall–Kier alpha value is -2.73. The van der Waals surface area contributed by atoms with Crippen molar-refractivity contribution in [3.8, 4) is 11.5 Å². The predicted molar refractivity (Wildman–Crippen MR) is 97.6 cm³/mol. The van der Waals surface area contributed by atoms with Gasteiger partial charge in [-0.3, -0.25) is 4.79 Å². The molecular formula is C19H24N2O4. The van der Waals surface area contributed by atoms with E-state index >= 15 is 0 Å². The Bertz CT molecular complexity index is 686. The van der Waals surface area contributed by atoms with Gasteiger partial charge in [-0.25, -0.2) is 0 Å². The number of amides is 1. The van der Waals surface area contributed by atoms with Gasteiger partial charge in [-0.05, 0) is 48.9 Å². The van der Waals surface area contributed by atoms with Gasteiger partial charge < -0.3 is 25.2 Å². The molecule has 6 heteroatoms. The first-order chi connectivity index (χ1) is 12.2. The van der Waals surface area contributed by atoms with Crippen molar-refractivity contribution in [2.24, 2.45) is 0 Å². The Balaban J connectivity index is 1.86. The quantitative estimate of drug-likeness (QED) is 0.608. The standard InChI is InChI=1S/C19H24N2O4/c1-14-17(19(23)21-10-12-22)4-3-5-18(14)20-11-13-25-16-8-6-15(24-2)7-9-16/h3-9,20,22H,10-13H2,1-2H3,(H,21,23). The van der Waals surface area contributed by atoms with Crippen LogP contribution in [0.1, 0.15) is 15.9 Å². The summed E-state index contributed by atoms with van der Waals surface area (Å²) in [7, 11) is 1.63. The van der Waals surface area contributed by atoms with Crippen LogP contribution in [0.3, 0.4) is 0 Å². The third-order valence-electron chi connectivity index (χ3n) is 3.72. The van der Waals surface area contributed by atoms with Gasteiger partial charge in [0.25, 0.3) is 5.91 Å². The lowest BCUT2D eigenvalue weighted by atomic mass is 10.1. The van der Waals surface area contributed by atoms with Crippen LogP contribution in [0.5, 0.6) is 11.5 Å². The van der Waals surface area contributed by atoms with Gasteiger partial charge in [0, 0.05) is 24.3 Å². The minimum absolute atomic E-state index is 0.0779. The fourth-order valence-corrected chi connectivity index (χ4v) is 2.36. The van der Waals surface area contributed by atoms with Gasteiger partial charge in [-0.1, -0.05) is 6.07 Å². The number of hydrogen-bond acceptors (Lipinski definition) is 5. The molecule has 0 spiro atoms. The van der Waals surface area contributed by atoms with Crippen LogP contribution in [0, 0.1) is 6.92 Å². The highest BCUT2D eigenvalue weighted by Crippen LogP contribution is 2.19. The van der Waals surface area contributed by atoms with Crippen molar-refractivity contribution in [2.45, 2.75) is 6.92 Å². The summed E-state index contributed by atoms with van der Waals surface area (Å²) in [5.41, 5.74) is 2.34. The average Bonchev–Trinajstić information content (AvgIpc) is 2.65. The molecule has 6 nitrogen and oxygen atoms in total. The van der Waals surface area contributed by atoms with E-state index in [2.05, 4.69) is 10.6 Å². The van der Waals surface area contributed by atoms with Gasteiger partial charge in [-0.2, -0.15) is 0 Å². The molecule has 0 unspecified atom stereocenters. The van der Waals surface area contributed by atoms with Gasteiger partial charge in [0.05, 0.1) is 13.7 Å². The minimum atomic E-state index is -0.190. The van der Waals surface area contributed by atoms with Crippen molar-refractivity contribution in [3.05, 3.63) is 53.6 Å². The summed E-state index contributed by atoms with van der Waals surface area (Å²) in [4.78, 5) is 12.1. The molecular weight excluding hydrogens is 320 g/mol. The second kappa shape index (κ2) is 9.54. The maximum Gasteiger partial charge on any atom is 0.251 e. The number of nitrogens with one attached hydrogen (secondary N) is 2. The topological polar surface area (TPSA) is 79.8 Å². The van der Waals surface area contributed by atoms with Crippen molar-refractivity contribution in [1.29, 1.82) is 0 Å². The zero-order chi connectivity index (χ0) is 18.1. The molecule has 0 saturated carbocycles. The third kappa shape index (κ3) is 5.39. The molecule has 2 aromatic carbocycles. The second-order valence-electron chi connectivity index (χ2n) is 5.41. The van der Waals surface area contributed by atoms with Crippen LogP contribution in [0.2, 0.25) is 0 Å². The molecule has 25 heavy (non-hydrogen) atoms. The van der Waals surface area contributed by atoms with E-state index in [1.165, 1.54) is 0 Å². The summed E-state index contributed by atoms with van der Waals surface area (Å²) in [5.74, 6) is 1.37.